The summed E-state index contributed by atoms with van der Waals surface area (Å²) < 4.78 is 25.4. The standard InChI is InChI=1S/C24H55NO4Si2/c1-9-13-15-17-19-28-23(30,26-11-3)21(5,6)25-22(7,8)24(31,27-12-4)29-20-18-16-14-10-2/h25H,9-20H2,1-8,30-31H3. The van der Waals surface area contributed by atoms with Crippen LogP contribution in [0.1, 0.15) is 107 Å². The molecule has 0 bridgehead atoms. The molecule has 0 aromatic rings. The van der Waals surface area contributed by atoms with E-state index >= 15 is 0 Å². The monoisotopic (exact) mass is 477 g/mol. The van der Waals surface area contributed by atoms with Crippen molar-refractivity contribution >= 4 is 20.5 Å². The van der Waals surface area contributed by atoms with E-state index in [0.29, 0.717) is 13.2 Å². The van der Waals surface area contributed by atoms with Gasteiger partial charge in [0, 0.05) is 26.4 Å². The van der Waals surface area contributed by atoms with Gasteiger partial charge in [-0.05, 0) is 54.4 Å². The van der Waals surface area contributed by atoms with E-state index in [1.54, 1.807) is 0 Å². The molecule has 5 nitrogen and oxygen atoms in total. The highest BCUT2D eigenvalue weighted by molar-refractivity contribution is 6.15. The Labute approximate surface area is 199 Å². The maximum absolute atomic E-state index is 6.43. The summed E-state index contributed by atoms with van der Waals surface area (Å²) in [5, 5.41) is 3.86. The zero-order valence-corrected chi connectivity index (χ0v) is 26.6. The van der Waals surface area contributed by atoms with E-state index < -0.39 is 10.8 Å². The van der Waals surface area contributed by atoms with Crippen LogP contribution in [-0.2, 0) is 18.9 Å². The van der Waals surface area contributed by atoms with Gasteiger partial charge in [0.1, 0.15) is 0 Å². The number of hydrogen-bond acceptors (Lipinski definition) is 5. The molecule has 0 fully saturated rings. The summed E-state index contributed by atoms with van der Waals surface area (Å²) in [7, 11) is 1.53. The molecule has 0 saturated heterocycles. The number of hydrogen-bond donors (Lipinski definition) is 1. The van der Waals surface area contributed by atoms with Crippen LogP contribution in [0.15, 0.2) is 0 Å². The molecule has 0 radical (unpaired) electrons. The van der Waals surface area contributed by atoms with Crippen molar-refractivity contribution in [1.82, 2.24) is 5.32 Å². The van der Waals surface area contributed by atoms with Crippen molar-refractivity contribution in [1.29, 1.82) is 0 Å². The molecule has 188 valence electrons. The van der Waals surface area contributed by atoms with Gasteiger partial charge in [-0.2, -0.15) is 0 Å². The quantitative estimate of drug-likeness (QED) is 0.165. The Hall–Kier alpha value is 0.234. The molecule has 2 unspecified atom stereocenters. The minimum absolute atomic E-state index is 0.387. The van der Waals surface area contributed by atoms with Crippen molar-refractivity contribution in [3.63, 3.8) is 0 Å². The first-order valence-corrected chi connectivity index (χ1v) is 14.8. The fraction of sp³-hybridized carbons (Fsp3) is 1.00. The SMILES string of the molecule is CCCCCCOC([SiH3])(OCC)C(C)(C)NC(C)(C)C([SiH3])(OCC)OCCCCCC. The molecule has 2 atom stereocenters. The first kappa shape index (κ1) is 31.2. The molecule has 0 aliphatic heterocycles. The van der Waals surface area contributed by atoms with Crippen LogP contribution in [0.25, 0.3) is 0 Å². The second-order valence-electron chi connectivity index (χ2n) is 9.95. The third kappa shape index (κ3) is 10.4. The van der Waals surface area contributed by atoms with Gasteiger partial charge in [0.15, 0.2) is 10.8 Å². The fourth-order valence-electron chi connectivity index (χ4n) is 3.96. The Morgan fingerprint density at radius 2 is 0.903 bits per heavy atom. The van der Waals surface area contributed by atoms with Crippen LogP contribution in [-0.4, -0.2) is 68.8 Å². The zero-order valence-electron chi connectivity index (χ0n) is 22.6. The second-order valence-corrected chi connectivity index (χ2v) is 12.6. The van der Waals surface area contributed by atoms with Crippen molar-refractivity contribution in [2.24, 2.45) is 0 Å². The normalized spacial score (nSPS) is 17.0. The lowest BCUT2D eigenvalue weighted by molar-refractivity contribution is -0.246. The maximum Gasteiger partial charge on any atom is 0.158 e. The summed E-state index contributed by atoms with van der Waals surface area (Å²) in [4.78, 5) is 0. The van der Waals surface area contributed by atoms with Gasteiger partial charge in [-0.25, -0.2) is 0 Å². The predicted molar refractivity (Wildman–Crippen MR) is 140 cm³/mol. The lowest BCUT2D eigenvalue weighted by Crippen LogP contribution is -2.73. The minimum atomic E-state index is -0.610. The number of nitrogens with one attached hydrogen (secondary N) is 1. The molecule has 0 aliphatic rings. The molecule has 0 rings (SSSR count). The molecule has 0 heterocycles. The third-order valence-electron chi connectivity index (χ3n) is 6.49. The maximum atomic E-state index is 6.43. The summed E-state index contributed by atoms with van der Waals surface area (Å²) in [6, 6.07) is 0. The van der Waals surface area contributed by atoms with Crippen LogP contribution in [0.4, 0.5) is 0 Å². The molecule has 1 N–H and O–H groups in total. The average molecular weight is 478 g/mol. The Kier molecular flexibility index (Phi) is 15.3. The van der Waals surface area contributed by atoms with E-state index in [4.69, 9.17) is 18.9 Å². The lowest BCUT2D eigenvalue weighted by Gasteiger charge is -2.53. The first-order chi connectivity index (χ1) is 14.4. The van der Waals surface area contributed by atoms with E-state index in [-0.39, 0.29) is 11.1 Å². The first-order valence-electron chi connectivity index (χ1n) is 12.8. The van der Waals surface area contributed by atoms with Gasteiger partial charge in [0.05, 0.1) is 31.6 Å². The van der Waals surface area contributed by atoms with Gasteiger partial charge in [0.25, 0.3) is 0 Å². The van der Waals surface area contributed by atoms with Crippen LogP contribution in [0.2, 0.25) is 0 Å². The topological polar surface area (TPSA) is 49.0 Å². The van der Waals surface area contributed by atoms with Crippen LogP contribution in [0.5, 0.6) is 0 Å². The van der Waals surface area contributed by atoms with Crippen molar-refractivity contribution in [3.8, 4) is 0 Å². The predicted octanol–water partition coefficient (Wildman–Crippen LogP) is 3.44. The van der Waals surface area contributed by atoms with Crippen LogP contribution < -0.4 is 5.32 Å². The molecule has 0 aromatic carbocycles. The number of ether oxygens (including phenoxy) is 4. The number of unbranched alkanes of at least 4 members (excludes halogenated alkanes) is 6. The molecule has 0 amide bonds. The van der Waals surface area contributed by atoms with E-state index in [9.17, 15) is 0 Å². The molecule has 0 aliphatic carbocycles. The van der Waals surface area contributed by atoms with Crippen LogP contribution >= 0.6 is 0 Å². The van der Waals surface area contributed by atoms with E-state index in [1.165, 1.54) is 38.5 Å². The molecule has 0 spiro atoms. The summed E-state index contributed by atoms with van der Waals surface area (Å²) >= 11 is 0. The van der Waals surface area contributed by atoms with Crippen molar-refractivity contribution < 1.29 is 18.9 Å². The molecular formula is C24H55NO4Si2. The molecule has 31 heavy (non-hydrogen) atoms. The smallest absolute Gasteiger partial charge is 0.158 e. The highest BCUT2D eigenvalue weighted by Crippen LogP contribution is 2.33. The summed E-state index contributed by atoms with van der Waals surface area (Å²) in [6.45, 7) is 20.1. The zero-order chi connectivity index (χ0) is 24.0. The number of rotatable bonds is 20. The Bertz CT molecular complexity index is 425. The molecule has 7 heteroatoms. The molecular weight excluding hydrogens is 422 g/mol. The molecule has 0 aromatic heterocycles. The lowest BCUT2D eigenvalue weighted by atomic mass is 9.94. The van der Waals surface area contributed by atoms with Gasteiger partial charge in [-0.1, -0.05) is 52.4 Å². The second kappa shape index (κ2) is 15.2. The van der Waals surface area contributed by atoms with Crippen molar-refractivity contribution in [3.05, 3.63) is 0 Å². The summed E-state index contributed by atoms with van der Waals surface area (Å²) in [5.74, 6) is 0. The minimum Gasteiger partial charge on any atom is -0.353 e. The van der Waals surface area contributed by atoms with Gasteiger partial charge in [-0.3, -0.25) is 5.32 Å². The summed E-state index contributed by atoms with van der Waals surface area (Å²) in [5.41, 5.74) is -1.99. The third-order valence-corrected chi connectivity index (χ3v) is 10.1. The average Bonchev–Trinajstić information content (AvgIpc) is 2.67. The van der Waals surface area contributed by atoms with E-state index in [2.05, 4.69) is 46.9 Å². The van der Waals surface area contributed by atoms with Crippen molar-refractivity contribution in [2.75, 3.05) is 26.4 Å². The largest absolute Gasteiger partial charge is 0.353 e. The van der Waals surface area contributed by atoms with E-state index in [1.807, 2.05) is 13.8 Å². The van der Waals surface area contributed by atoms with Gasteiger partial charge < -0.3 is 18.9 Å². The van der Waals surface area contributed by atoms with Crippen molar-refractivity contribution in [2.45, 2.75) is 129 Å². The van der Waals surface area contributed by atoms with Crippen LogP contribution in [0.3, 0.4) is 0 Å². The van der Waals surface area contributed by atoms with Gasteiger partial charge in [0.2, 0.25) is 0 Å². The summed E-state index contributed by atoms with van der Waals surface area (Å²) in [6.07, 6.45) is 9.55. The highest BCUT2D eigenvalue weighted by Gasteiger charge is 2.51. The highest BCUT2D eigenvalue weighted by atomic mass is 28.2. The van der Waals surface area contributed by atoms with Gasteiger partial charge >= 0.3 is 0 Å². The van der Waals surface area contributed by atoms with Crippen LogP contribution in [0, 0.1) is 0 Å². The Balaban J connectivity index is 5.33. The fourth-order valence-corrected chi connectivity index (χ4v) is 5.19. The van der Waals surface area contributed by atoms with E-state index in [0.717, 1.165) is 46.5 Å². The Morgan fingerprint density at radius 3 is 1.19 bits per heavy atom. The molecule has 0 saturated carbocycles. The Morgan fingerprint density at radius 1 is 0.548 bits per heavy atom. The van der Waals surface area contributed by atoms with Gasteiger partial charge in [-0.15, -0.1) is 0 Å².